The van der Waals surface area contributed by atoms with Crippen molar-refractivity contribution in [3.63, 3.8) is 0 Å². The van der Waals surface area contributed by atoms with Crippen LogP contribution >= 0.6 is 0 Å². The molecule has 1 aliphatic rings. The Morgan fingerprint density at radius 1 is 0.920 bits per heavy atom. The van der Waals surface area contributed by atoms with Gasteiger partial charge in [-0.25, -0.2) is 0 Å². The first-order chi connectivity index (χ1) is 12.0. The Kier molecular flexibility index (Phi) is 3.58. The van der Waals surface area contributed by atoms with Gasteiger partial charge in [0, 0.05) is 11.3 Å². The Balaban J connectivity index is 2.16. The summed E-state index contributed by atoms with van der Waals surface area (Å²) in [6.45, 7) is 10.2. The van der Waals surface area contributed by atoms with Gasteiger partial charge >= 0.3 is 0 Å². The molecule has 0 amide bonds. The Labute approximate surface area is 148 Å². The average Bonchev–Trinajstić information content (AvgIpc) is 2.59. The quantitative estimate of drug-likeness (QED) is 0.600. The third kappa shape index (κ3) is 2.58. The molecular weight excluding hydrogens is 302 g/mol. The Morgan fingerprint density at radius 3 is 2.52 bits per heavy atom. The summed E-state index contributed by atoms with van der Waals surface area (Å²) in [6, 6.07) is 21.4. The summed E-state index contributed by atoms with van der Waals surface area (Å²) in [7, 11) is 0. The highest BCUT2D eigenvalue weighted by Crippen LogP contribution is 2.32. The van der Waals surface area contributed by atoms with Gasteiger partial charge in [-0.05, 0) is 51.6 Å². The normalized spacial score (nSPS) is 12.4. The van der Waals surface area contributed by atoms with Crippen LogP contribution in [0.15, 0.2) is 67.2 Å². The van der Waals surface area contributed by atoms with Gasteiger partial charge < -0.3 is 5.73 Å². The maximum Gasteiger partial charge on any atom is 0.0320 e. The number of hydrogen-bond acceptors (Lipinski definition) is 1. The van der Waals surface area contributed by atoms with Gasteiger partial charge in [0.25, 0.3) is 0 Å². The third-order valence-corrected chi connectivity index (χ3v) is 4.89. The van der Waals surface area contributed by atoms with Gasteiger partial charge in [0.15, 0.2) is 0 Å². The molecule has 3 aromatic carbocycles. The van der Waals surface area contributed by atoms with Crippen LogP contribution in [-0.4, -0.2) is 0 Å². The van der Waals surface area contributed by atoms with Crippen LogP contribution in [0, 0.1) is 6.92 Å². The van der Waals surface area contributed by atoms with E-state index in [9.17, 15) is 0 Å². The van der Waals surface area contributed by atoms with Crippen LogP contribution in [-0.2, 0) is 6.42 Å². The van der Waals surface area contributed by atoms with Crippen molar-refractivity contribution in [3.8, 4) is 0 Å². The predicted octanol–water partition coefficient (Wildman–Crippen LogP) is 3.49. The standard InChI is InChI=1S/C24H21N/c1-15-8-10-21-18(12-15)14-19-13-16(2)9-11-22(19)24(21)23-7-5-4-6-20(23)17(3)25/h4-13H,1,3,14,25H2,2H3. The summed E-state index contributed by atoms with van der Waals surface area (Å²) in [6.07, 6.45) is 0.935. The zero-order valence-electron chi connectivity index (χ0n) is 14.5. The Bertz CT molecular complexity index is 1120. The molecule has 4 rings (SSSR count). The van der Waals surface area contributed by atoms with Crippen LogP contribution in [0.4, 0.5) is 0 Å². The molecule has 0 radical (unpaired) electrons. The molecule has 2 N–H and O–H groups in total. The molecule has 0 spiro atoms. The van der Waals surface area contributed by atoms with Crippen molar-refractivity contribution in [1.29, 1.82) is 0 Å². The van der Waals surface area contributed by atoms with Crippen LogP contribution in [0.3, 0.4) is 0 Å². The van der Waals surface area contributed by atoms with Crippen molar-refractivity contribution in [2.24, 2.45) is 5.73 Å². The lowest BCUT2D eigenvalue weighted by molar-refractivity contribution is 1.11. The molecule has 0 aliphatic heterocycles. The molecule has 122 valence electrons. The van der Waals surface area contributed by atoms with Crippen LogP contribution < -0.4 is 16.2 Å². The monoisotopic (exact) mass is 323 g/mol. The highest BCUT2D eigenvalue weighted by atomic mass is 14.6. The van der Waals surface area contributed by atoms with Crippen molar-refractivity contribution >= 4 is 17.8 Å². The molecule has 25 heavy (non-hydrogen) atoms. The summed E-state index contributed by atoms with van der Waals surface area (Å²) in [4.78, 5) is 0. The van der Waals surface area contributed by atoms with E-state index < -0.39 is 0 Å². The van der Waals surface area contributed by atoms with Gasteiger partial charge in [0.05, 0.1) is 0 Å². The van der Waals surface area contributed by atoms with Gasteiger partial charge in [0.1, 0.15) is 0 Å². The topological polar surface area (TPSA) is 26.0 Å². The average molecular weight is 323 g/mol. The van der Waals surface area contributed by atoms with Gasteiger partial charge in [-0.1, -0.05) is 79.4 Å². The first kappa shape index (κ1) is 15.5. The van der Waals surface area contributed by atoms with Crippen molar-refractivity contribution in [2.45, 2.75) is 13.3 Å². The minimum absolute atomic E-state index is 0.595. The van der Waals surface area contributed by atoms with E-state index >= 15 is 0 Å². The van der Waals surface area contributed by atoms with Gasteiger partial charge in [-0.3, -0.25) is 0 Å². The molecule has 0 unspecified atom stereocenters. The number of benzene rings is 3. The van der Waals surface area contributed by atoms with Crippen molar-refractivity contribution in [2.75, 3.05) is 0 Å². The van der Waals surface area contributed by atoms with Crippen LogP contribution in [0.5, 0.6) is 0 Å². The fourth-order valence-corrected chi connectivity index (χ4v) is 3.77. The maximum atomic E-state index is 6.09. The summed E-state index contributed by atoms with van der Waals surface area (Å²) in [5.74, 6) is 0. The summed E-state index contributed by atoms with van der Waals surface area (Å²) in [5.41, 5.74) is 15.3. The molecule has 0 fully saturated rings. The molecular formula is C24H21N. The number of aryl methyl sites for hydroxylation is 1. The second-order valence-corrected chi connectivity index (χ2v) is 6.77. The van der Waals surface area contributed by atoms with E-state index in [1.54, 1.807) is 0 Å². The smallest absolute Gasteiger partial charge is 0.0320 e. The maximum absolute atomic E-state index is 6.09. The zero-order chi connectivity index (χ0) is 17.6. The fourth-order valence-electron chi connectivity index (χ4n) is 3.77. The molecule has 0 aromatic heterocycles. The molecule has 0 atom stereocenters. The summed E-state index contributed by atoms with van der Waals surface area (Å²) in [5, 5.41) is 2.31. The zero-order valence-corrected chi connectivity index (χ0v) is 14.5. The van der Waals surface area contributed by atoms with Crippen LogP contribution in [0.25, 0.3) is 17.8 Å². The Hall–Kier alpha value is -3.06. The molecule has 0 saturated heterocycles. The molecule has 3 aromatic rings. The first-order valence-electron chi connectivity index (χ1n) is 8.51. The van der Waals surface area contributed by atoms with E-state index in [2.05, 4.69) is 68.6 Å². The molecule has 0 heterocycles. The van der Waals surface area contributed by atoms with Crippen LogP contribution in [0.2, 0.25) is 0 Å². The summed E-state index contributed by atoms with van der Waals surface area (Å²) >= 11 is 0. The summed E-state index contributed by atoms with van der Waals surface area (Å²) < 4.78 is 0. The van der Waals surface area contributed by atoms with Gasteiger partial charge in [0.2, 0.25) is 0 Å². The highest BCUT2D eigenvalue weighted by Gasteiger charge is 2.20. The number of hydrogen-bond donors (Lipinski definition) is 1. The largest absolute Gasteiger partial charge is 0.399 e. The van der Waals surface area contributed by atoms with Gasteiger partial charge in [-0.2, -0.15) is 0 Å². The molecule has 0 saturated carbocycles. The van der Waals surface area contributed by atoms with Gasteiger partial charge in [-0.15, -0.1) is 0 Å². The van der Waals surface area contributed by atoms with E-state index in [4.69, 9.17) is 5.73 Å². The molecule has 0 bridgehead atoms. The van der Waals surface area contributed by atoms with E-state index in [1.807, 2.05) is 12.1 Å². The lowest BCUT2D eigenvalue weighted by atomic mass is 9.81. The number of nitrogens with two attached hydrogens (primary N) is 1. The lowest BCUT2D eigenvalue weighted by Crippen LogP contribution is -2.24. The molecule has 1 aliphatic carbocycles. The third-order valence-electron chi connectivity index (χ3n) is 4.89. The fraction of sp³-hybridized carbons (Fsp3) is 0.0833. The van der Waals surface area contributed by atoms with E-state index in [1.165, 1.54) is 33.0 Å². The van der Waals surface area contributed by atoms with Crippen molar-refractivity contribution in [1.82, 2.24) is 0 Å². The SMILES string of the molecule is C=C(N)c1ccccc1C1=c2ccc(=C)cc2Cc2cc(C)ccc21. The van der Waals surface area contributed by atoms with E-state index in [0.29, 0.717) is 5.70 Å². The highest BCUT2D eigenvalue weighted by molar-refractivity contribution is 5.88. The van der Waals surface area contributed by atoms with E-state index in [0.717, 1.165) is 22.8 Å². The Morgan fingerprint density at radius 2 is 1.72 bits per heavy atom. The predicted molar refractivity (Wildman–Crippen MR) is 106 cm³/mol. The van der Waals surface area contributed by atoms with Crippen LogP contribution in [0.1, 0.15) is 33.4 Å². The van der Waals surface area contributed by atoms with Crippen molar-refractivity contribution < 1.29 is 0 Å². The molecule has 1 heteroatoms. The second-order valence-electron chi connectivity index (χ2n) is 6.77. The first-order valence-corrected chi connectivity index (χ1v) is 8.51. The lowest BCUT2D eigenvalue weighted by Gasteiger charge is -2.23. The minimum atomic E-state index is 0.595. The molecule has 1 nitrogen and oxygen atoms in total. The number of fused-ring (bicyclic) bond motifs is 2. The van der Waals surface area contributed by atoms with Crippen molar-refractivity contribution in [3.05, 3.63) is 111 Å². The number of rotatable bonds is 2. The second kappa shape index (κ2) is 5.78. The van der Waals surface area contributed by atoms with E-state index in [-0.39, 0.29) is 0 Å². The minimum Gasteiger partial charge on any atom is -0.399 e.